The summed E-state index contributed by atoms with van der Waals surface area (Å²) < 4.78 is 10.4. The van der Waals surface area contributed by atoms with Gasteiger partial charge in [0.2, 0.25) is 0 Å². The first-order valence-corrected chi connectivity index (χ1v) is 6.84. The summed E-state index contributed by atoms with van der Waals surface area (Å²) in [7, 11) is 2.93. The molecule has 6 heteroatoms. The molecule has 0 aliphatic carbocycles. The number of carboxylic acid groups (broad SMARTS) is 1. The molecule has 0 saturated heterocycles. The van der Waals surface area contributed by atoms with E-state index in [-0.39, 0.29) is 11.3 Å². The van der Waals surface area contributed by atoms with Crippen molar-refractivity contribution in [2.24, 2.45) is 0 Å². The third kappa shape index (κ3) is 3.42. The molecule has 0 bridgehead atoms. The second kappa shape index (κ2) is 6.83. The van der Waals surface area contributed by atoms with Crippen molar-refractivity contribution in [3.63, 3.8) is 0 Å². The molecule has 0 unspecified atom stereocenters. The number of rotatable bonds is 5. The van der Waals surface area contributed by atoms with Gasteiger partial charge in [0.15, 0.2) is 0 Å². The highest BCUT2D eigenvalue weighted by Crippen LogP contribution is 2.28. The van der Waals surface area contributed by atoms with Crippen LogP contribution in [0.15, 0.2) is 36.4 Å². The number of aromatic carboxylic acids is 1. The van der Waals surface area contributed by atoms with Crippen LogP contribution in [0.4, 0.5) is 5.69 Å². The summed E-state index contributed by atoms with van der Waals surface area (Å²) in [5.74, 6) is -0.656. The Balaban J connectivity index is 2.39. The molecule has 2 N–H and O–H groups in total. The topological polar surface area (TPSA) is 84.9 Å². The molecular formula is C17H17NO5. The van der Waals surface area contributed by atoms with Crippen molar-refractivity contribution >= 4 is 17.6 Å². The molecule has 23 heavy (non-hydrogen) atoms. The van der Waals surface area contributed by atoms with Crippen LogP contribution in [0.3, 0.4) is 0 Å². The summed E-state index contributed by atoms with van der Waals surface area (Å²) in [4.78, 5) is 23.6. The predicted octanol–water partition coefficient (Wildman–Crippen LogP) is 2.96. The average molecular weight is 315 g/mol. The number of nitrogens with one attached hydrogen (secondary N) is 1. The summed E-state index contributed by atoms with van der Waals surface area (Å²) in [6, 6.07) is 9.46. The first-order chi connectivity index (χ1) is 11.0. The van der Waals surface area contributed by atoms with Crippen molar-refractivity contribution in [1.29, 1.82) is 0 Å². The molecular weight excluding hydrogens is 298 g/mol. The summed E-state index contributed by atoms with van der Waals surface area (Å²) in [6.07, 6.45) is 0. The zero-order valence-corrected chi connectivity index (χ0v) is 13.0. The number of hydrogen-bond acceptors (Lipinski definition) is 4. The van der Waals surface area contributed by atoms with E-state index in [9.17, 15) is 9.59 Å². The highest BCUT2D eigenvalue weighted by Gasteiger charge is 2.17. The number of anilines is 1. The third-order valence-corrected chi connectivity index (χ3v) is 3.36. The monoisotopic (exact) mass is 315 g/mol. The Bertz CT molecular complexity index is 755. The molecule has 6 nitrogen and oxygen atoms in total. The maximum atomic E-state index is 12.5. The van der Waals surface area contributed by atoms with Crippen molar-refractivity contribution in [1.82, 2.24) is 0 Å². The maximum Gasteiger partial charge on any atom is 0.335 e. The van der Waals surface area contributed by atoms with E-state index in [1.54, 1.807) is 12.1 Å². The zero-order valence-electron chi connectivity index (χ0n) is 13.0. The maximum absolute atomic E-state index is 12.5. The lowest BCUT2D eigenvalue weighted by Crippen LogP contribution is -2.15. The Hall–Kier alpha value is -3.02. The van der Waals surface area contributed by atoms with E-state index in [0.29, 0.717) is 17.1 Å². The minimum absolute atomic E-state index is 0.0531. The quantitative estimate of drug-likeness (QED) is 0.886. The van der Waals surface area contributed by atoms with E-state index in [0.717, 1.165) is 5.56 Å². The van der Waals surface area contributed by atoms with Crippen molar-refractivity contribution in [2.45, 2.75) is 6.92 Å². The van der Waals surface area contributed by atoms with Gasteiger partial charge in [0.05, 0.1) is 31.0 Å². The molecule has 0 saturated carbocycles. The van der Waals surface area contributed by atoms with Crippen LogP contribution in [0.1, 0.15) is 26.3 Å². The van der Waals surface area contributed by atoms with Gasteiger partial charge in [-0.3, -0.25) is 4.79 Å². The number of carbonyl (C=O) groups excluding carboxylic acids is 1. The van der Waals surface area contributed by atoms with E-state index in [4.69, 9.17) is 14.6 Å². The SMILES string of the molecule is COc1ccc(C(=O)O)cc1NC(=O)c1cccc(C)c1OC. The highest BCUT2D eigenvalue weighted by molar-refractivity contribution is 6.07. The number of carbonyl (C=O) groups is 2. The average Bonchev–Trinajstić information content (AvgIpc) is 2.54. The minimum atomic E-state index is -1.09. The molecule has 2 aromatic carbocycles. The molecule has 0 heterocycles. The van der Waals surface area contributed by atoms with Gasteiger partial charge in [0, 0.05) is 0 Å². The van der Waals surface area contributed by atoms with E-state index in [1.165, 1.54) is 32.4 Å². The van der Waals surface area contributed by atoms with Gasteiger partial charge in [-0.1, -0.05) is 12.1 Å². The van der Waals surface area contributed by atoms with Crippen LogP contribution in [-0.4, -0.2) is 31.2 Å². The summed E-state index contributed by atoms with van der Waals surface area (Å²) >= 11 is 0. The lowest BCUT2D eigenvalue weighted by Gasteiger charge is -2.14. The highest BCUT2D eigenvalue weighted by atomic mass is 16.5. The van der Waals surface area contributed by atoms with Crippen LogP contribution in [0, 0.1) is 6.92 Å². The number of hydrogen-bond donors (Lipinski definition) is 2. The van der Waals surface area contributed by atoms with Crippen LogP contribution in [-0.2, 0) is 0 Å². The summed E-state index contributed by atoms with van der Waals surface area (Å²) in [5.41, 5.74) is 1.51. The van der Waals surface area contributed by atoms with Crippen molar-refractivity contribution in [3.8, 4) is 11.5 Å². The fraction of sp³-hybridized carbons (Fsp3) is 0.176. The molecule has 0 spiro atoms. The van der Waals surface area contributed by atoms with Gasteiger partial charge in [-0.2, -0.15) is 0 Å². The van der Waals surface area contributed by atoms with Gasteiger partial charge in [-0.15, -0.1) is 0 Å². The number of carboxylic acids is 1. The van der Waals surface area contributed by atoms with Crippen LogP contribution in [0.5, 0.6) is 11.5 Å². The predicted molar refractivity (Wildman–Crippen MR) is 85.6 cm³/mol. The first kappa shape index (κ1) is 16.4. The van der Waals surface area contributed by atoms with E-state index in [1.807, 2.05) is 13.0 Å². The Morgan fingerprint density at radius 2 is 1.83 bits per heavy atom. The molecule has 0 aliphatic rings. The van der Waals surface area contributed by atoms with Gasteiger partial charge >= 0.3 is 5.97 Å². The molecule has 120 valence electrons. The molecule has 2 aromatic rings. The number of amides is 1. The van der Waals surface area contributed by atoms with Gasteiger partial charge in [-0.05, 0) is 36.8 Å². The lowest BCUT2D eigenvalue weighted by molar-refractivity contribution is 0.0696. The Kier molecular flexibility index (Phi) is 4.85. The van der Waals surface area contributed by atoms with Crippen LogP contribution in [0.2, 0.25) is 0 Å². The fourth-order valence-corrected chi connectivity index (χ4v) is 2.23. The van der Waals surface area contributed by atoms with Crippen molar-refractivity contribution in [3.05, 3.63) is 53.1 Å². The molecule has 0 fully saturated rings. The molecule has 0 atom stereocenters. The minimum Gasteiger partial charge on any atom is -0.496 e. The van der Waals surface area contributed by atoms with Gasteiger partial charge in [0.25, 0.3) is 5.91 Å². The number of aryl methyl sites for hydroxylation is 1. The number of ether oxygens (including phenoxy) is 2. The Morgan fingerprint density at radius 3 is 2.43 bits per heavy atom. The number of benzene rings is 2. The van der Waals surface area contributed by atoms with Crippen LogP contribution in [0.25, 0.3) is 0 Å². The summed E-state index contributed by atoms with van der Waals surface area (Å²) in [5, 5.41) is 11.7. The van der Waals surface area contributed by atoms with E-state index < -0.39 is 11.9 Å². The standard InChI is InChI=1S/C17H17NO5/c1-10-5-4-6-12(15(10)23-3)16(19)18-13-9-11(17(20)21)7-8-14(13)22-2/h4-9H,1-3H3,(H,18,19)(H,20,21). The smallest absolute Gasteiger partial charge is 0.335 e. The van der Waals surface area contributed by atoms with Gasteiger partial charge in [0.1, 0.15) is 11.5 Å². The number of para-hydroxylation sites is 1. The largest absolute Gasteiger partial charge is 0.496 e. The molecule has 0 radical (unpaired) electrons. The number of methoxy groups -OCH3 is 2. The zero-order chi connectivity index (χ0) is 17.0. The molecule has 1 amide bonds. The Labute approximate surface area is 133 Å². The fourth-order valence-electron chi connectivity index (χ4n) is 2.23. The van der Waals surface area contributed by atoms with Crippen molar-refractivity contribution < 1.29 is 24.2 Å². The van der Waals surface area contributed by atoms with Crippen LogP contribution < -0.4 is 14.8 Å². The van der Waals surface area contributed by atoms with Crippen LogP contribution >= 0.6 is 0 Å². The summed E-state index contributed by atoms with van der Waals surface area (Å²) in [6.45, 7) is 1.83. The molecule has 2 rings (SSSR count). The molecule has 0 aromatic heterocycles. The van der Waals surface area contributed by atoms with E-state index >= 15 is 0 Å². The second-order valence-corrected chi connectivity index (χ2v) is 4.83. The second-order valence-electron chi connectivity index (χ2n) is 4.83. The van der Waals surface area contributed by atoms with Crippen molar-refractivity contribution in [2.75, 3.05) is 19.5 Å². The van der Waals surface area contributed by atoms with Gasteiger partial charge in [-0.25, -0.2) is 4.79 Å². The normalized spacial score (nSPS) is 10.0. The Morgan fingerprint density at radius 1 is 1.09 bits per heavy atom. The van der Waals surface area contributed by atoms with Gasteiger partial charge < -0.3 is 19.9 Å². The first-order valence-electron chi connectivity index (χ1n) is 6.84. The van der Waals surface area contributed by atoms with E-state index in [2.05, 4.69) is 5.32 Å². The molecule has 0 aliphatic heterocycles. The third-order valence-electron chi connectivity index (χ3n) is 3.36. The lowest BCUT2D eigenvalue weighted by atomic mass is 10.1.